The summed E-state index contributed by atoms with van der Waals surface area (Å²) in [5.41, 5.74) is 0. The summed E-state index contributed by atoms with van der Waals surface area (Å²) >= 11 is 0. The fourth-order valence-electron chi connectivity index (χ4n) is 0.741. The first-order valence-corrected chi connectivity index (χ1v) is 5.18. The lowest BCUT2D eigenvalue weighted by Crippen LogP contribution is -2.18. The van der Waals surface area contributed by atoms with Crippen molar-refractivity contribution in [1.29, 1.82) is 0 Å². The molecule has 0 unspecified atom stereocenters. The van der Waals surface area contributed by atoms with Gasteiger partial charge >= 0.3 is 16.4 Å². The topological polar surface area (TPSA) is 89.9 Å². The highest BCUT2D eigenvalue weighted by atomic mass is 32.3. The van der Waals surface area contributed by atoms with Crippen LogP contribution >= 0.6 is 0 Å². The van der Waals surface area contributed by atoms with Gasteiger partial charge in [0.05, 0.1) is 0 Å². The second-order valence-corrected chi connectivity index (χ2v) is 3.68. The zero-order valence-corrected chi connectivity index (χ0v) is 8.31. The highest BCUT2D eigenvalue weighted by Gasteiger charge is 2.15. The molecular formula is C8H8O6S. The van der Waals surface area contributed by atoms with Crippen molar-refractivity contribution in [1.82, 2.24) is 0 Å². The van der Waals surface area contributed by atoms with Crippen molar-refractivity contribution in [2.75, 3.05) is 6.61 Å². The van der Waals surface area contributed by atoms with Gasteiger partial charge in [-0.15, -0.1) is 0 Å². The fraction of sp³-hybridized carbons (Fsp3) is 0.125. The van der Waals surface area contributed by atoms with E-state index in [1.54, 1.807) is 18.2 Å². The first-order chi connectivity index (χ1) is 6.99. The van der Waals surface area contributed by atoms with E-state index in [2.05, 4.69) is 8.37 Å². The van der Waals surface area contributed by atoms with Crippen LogP contribution in [0, 0.1) is 0 Å². The van der Waals surface area contributed by atoms with Gasteiger partial charge in [0, 0.05) is 0 Å². The van der Waals surface area contributed by atoms with Crippen molar-refractivity contribution >= 4 is 16.4 Å². The van der Waals surface area contributed by atoms with E-state index >= 15 is 0 Å². The smallest absolute Gasteiger partial charge is 0.449 e. The second kappa shape index (κ2) is 4.76. The molecule has 0 aliphatic rings. The van der Waals surface area contributed by atoms with Crippen LogP contribution in [-0.2, 0) is 19.4 Å². The summed E-state index contributed by atoms with van der Waals surface area (Å²) in [6, 6.07) is 7.63. The number of hydrogen-bond acceptors (Lipinski definition) is 5. The Morgan fingerprint density at radius 1 is 1.27 bits per heavy atom. The van der Waals surface area contributed by atoms with Gasteiger partial charge in [0.1, 0.15) is 5.75 Å². The minimum atomic E-state index is -4.31. The van der Waals surface area contributed by atoms with Crippen LogP contribution in [0.5, 0.6) is 5.75 Å². The number of carbonyl (C=O) groups is 1. The SMILES string of the molecule is O=C(O)COS(=O)(=O)Oc1ccccc1. The molecule has 0 atom stereocenters. The van der Waals surface area contributed by atoms with Crippen LogP contribution in [0.25, 0.3) is 0 Å². The van der Waals surface area contributed by atoms with Crippen LogP contribution < -0.4 is 4.18 Å². The Hall–Kier alpha value is -1.60. The number of carboxylic acids is 1. The first kappa shape index (κ1) is 11.5. The lowest BCUT2D eigenvalue weighted by Gasteiger charge is -2.04. The minimum Gasteiger partial charge on any atom is -0.479 e. The van der Waals surface area contributed by atoms with Gasteiger partial charge in [0.2, 0.25) is 0 Å². The Morgan fingerprint density at radius 3 is 2.40 bits per heavy atom. The largest absolute Gasteiger partial charge is 0.479 e. The molecule has 1 aromatic carbocycles. The number of carboxylic acid groups (broad SMARTS) is 1. The molecule has 0 bridgehead atoms. The third-order valence-corrected chi connectivity index (χ3v) is 2.07. The Bertz CT molecular complexity index is 424. The summed E-state index contributed by atoms with van der Waals surface area (Å²) in [5, 5.41) is 8.20. The van der Waals surface area contributed by atoms with E-state index in [4.69, 9.17) is 5.11 Å². The summed E-state index contributed by atoms with van der Waals surface area (Å²) in [6.07, 6.45) is 0. The Balaban J connectivity index is 2.61. The molecule has 82 valence electrons. The molecular weight excluding hydrogens is 224 g/mol. The van der Waals surface area contributed by atoms with Crippen molar-refractivity contribution < 1.29 is 26.7 Å². The van der Waals surface area contributed by atoms with Gasteiger partial charge in [-0.3, -0.25) is 0 Å². The van der Waals surface area contributed by atoms with Gasteiger partial charge in [-0.05, 0) is 12.1 Å². The molecule has 0 aliphatic carbocycles. The maximum atomic E-state index is 11.0. The van der Waals surface area contributed by atoms with Crippen LogP contribution in [-0.4, -0.2) is 26.1 Å². The molecule has 1 N–H and O–H groups in total. The minimum absolute atomic E-state index is 0.0582. The molecule has 0 aromatic heterocycles. The van der Waals surface area contributed by atoms with Crippen molar-refractivity contribution in [2.45, 2.75) is 0 Å². The van der Waals surface area contributed by atoms with Gasteiger partial charge in [-0.25, -0.2) is 8.98 Å². The molecule has 1 rings (SSSR count). The summed E-state index contributed by atoms with van der Waals surface area (Å²) < 4.78 is 30.5. The van der Waals surface area contributed by atoms with Crippen molar-refractivity contribution in [3.05, 3.63) is 30.3 Å². The monoisotopic (exact) mass is 232 g/mol. The molecule has 0 saturated heterocycles. The molecule has 0 spiro atoms. The third kappa shape index (κ3) is 4.43. The van der Waals surface area contributed by atoms with Gasteiger partial charge in [-0.1, -0.05) is 18.2 Å². The van der Waals surface area contributed by atoms with E-state index in [1.165, 1.54) is 12.1 Å². The van der Waals surface area contributed by atoms with Crippen molar-refractivity contribution in [3.8, 4) is 5.75 Å². The fourth-order valence-corrected chi connectivity index (χ4v) is 1.38. The molecule has 0 saturated carbocycles. The van der Waals surface area contributed by atoms with Gasteiger partial charge in [-0.2, -0.15) is 8.42 Å². The normalized spacial score (nSPS) is 10.9. The molecule has 0 aliphatic heterocycles. The predicted octanol–water partition coefficient (Wildman–Crippen LogP) is 0.411. The van der Waals surface area contributed by atoms with Gasteiger partial charge in [0.15, 0.2) is 6.61 Å². The van der Waals surface area contributed by atoms with Crippen LogP contribution in [0.3, 0.4) is 0 Å². The van der Waals surface area contributed by atoms with Crippen LogP contribution in [0.15, 0.2) is 30.3 Å². The van der Waals surface area contributed by atoms with Gasteiger partial charge in [0.25, 0.3) is 0 Å². The Kier molecular flexibility index (Phi) is 3.64. The maximum absolute atomic E-state index is 11.0. The summed E-state index contributed by atoms with van der Waals surface area (Å²) in [4.78, 5) is 10.1. The lowest BCUT2D eigenvalue weighted by atomic mass is 10.3. The summed E-state index contributed by atoms with van der Waals surface area (Å²) in [5.74, 6) is -1.34. The van der Waals surface area contributed by atoms with Crippen LogP contribution in [0.1, 0.15) is 0 Å². The van der Waals surface area contributed by atoms with Gasteiger partial charge < -0.3 is 9.29 Å². The molecule has 0 heterocycles. The summed E-state index contributed by atoms with van der Waals surface area (Å²) in [6.45, 7) is -0.963. The maximum Gasteiger partial charge on any atom is 0.449 e. The number of para-hydroxylation sites is 1. The highest BCUT2D eigenvalue weighted by molar-refractivity contribution is 7.82. The van der Waals surface area contributed by atoms with Crippen molar-refractivity contribution in [2.24, 2.45) is 0 Å². The van der Waals surface area contributed by atoms with E-state index in [0.717, 1.165) is 0 Å². The van der Waals surface area contributed by atoms with E-state index < -0.39 is 23.0 Å². The molecule has 1 aromatic rings. The average molecular weight is 232 g/mol. The quantitative estimate of drug-likeness (QED) is 0.790. The Labute approximate surface area is 86.4 Å². The predicted molar refractivity (Wildman–Crippen MR) is 49.6 cm³/mol. The molecule has 0 radical (unpaired) electrons. The lowest BCUT2D eigenvalue weighted by molar-refractivity contribution is -0.139. The van der Waals surface area contributed by atoms with Crippen LogP contribution in [0.4, 0.5) is 0 Å². The number of aliphatic carboxylic acids is 1. The second-order valence-electron chi connectivity index (χ2n) is 2.46. The molecule has 15 heavy (non-hydrogen) atoms. The van der Waals surface area contributed by atoms with E-state index in [9.17, 15) is 13.2 Å². The number of rotatable bonds is 5. The zero-order valence-electron chi connectivity index (χ0n) is 7.49. The number of hydrogen-bond donors (Lipinski definition) is 1. The van der Waals surface area contributed by atoms with E-state index in [1.807, 2.05) is 0 Å². The van der Waals surface area contributed by atoms with E-state index in [0.29, 0.717) is 0 Å². The molecule has 0 amide bonds. The van der Waals surface area contributed by atoms with Crippen LogP contribution in [0.2, 0.25) is 0 Å². The zero-order chi connectivity index (χ0) is 11.3. The van der Waals surface area contributed by atoms with E-state index in [-0.39, 0.29) is 5.75 Å². The third-order valence-electron chi connectivity index (χ3n) is 1.27. The highest BCUT2D eigenvalue weighted by Crippen LogP contribution is 2.11. The average Bonchev–Trinajstić information content (AvgIpc) is 2.16. The number of benzene rings is 1. The first-order valence-electron chi connectivity index (χ1n) is 3.85. The molecule has 0 fully saturated rings. The molecule has 7 heteroatoms. The summed E-state index contributed by atoms with van der Waals surface area (Å²) in [7, 11) is -4.31. The standard InChI is InChI=1S/C8H8O6S/c9-8(10)6-13-15(11,12)14-7-4-2-1-3-5-7/h1-5H,6H2,(H,9,10). The van der Waals surface area contributed by atoms with Crippen molar-refractivity contribution in [3.63, 3.8) is 0 Å². The Morgan fingerprint density at radius 2 is 1.87 bits per heavy atom. The molecule has 6 nitrogen and oxygen atoms in total.